The first kappa shape index (κ1) is 13.8. The number of aryl methyl sites for hydroxylation is 1. The third-order valence-corrected chi connectivity index (χ3v) is 3.86. The van der Waals surface area contributed by atoms with Crippen molar-refractivity contribution in [3.05, 3.63) is 52.1 Å². The zero-order valence-electron chi connectivity index (χ0n) is 11.0. The summed E-state index contributed by atoms with van der Waals surface area (Å²) in [5, 5.41) is 8.94. The predicted octanol–water partition coefficient (Wildman–Crippen LogP) is 4.01. The van der Waals surface area contributed by atoms with E-state index >= 15 is 0 Å². The largest absolute Gasteiger partial charge is 0.333 e. The Morgan fingerprint density at radius 2 is 2.24 bits per heavy atom. The van der Waals surface area contributed by atoms with Crippen LogP contribution in [-0.2, 0) is 0 Å². The molecule has 5 nitrogen and oxygen atoms in total. The molecule has 0 fully saturated rings. The average molecular weight is 320 g/mol. The van der Waals surface area contributed by atoms with Crippen LogP contribution in [0.3, 0.4) is 0 Å². The molecule has 0 aliphatic heterocycles. The first-order valence-electron chi connectivity index (χ1n) is 6.08. The number of aromatic nitrogens is 2. The van der Waals surface area contributed by atoms with Crippen molar-refractivity contribution >= 4 is 34.5 Å². The molecular weight excluding hydrogens is 310 g/mol. The second kappa shape index (κ2) is 5.67. The van der Waals surface area contributed by atoms with Crippen LogP contribution in [-0.4, -0.2) is 16.0 Å². The van der Waals surface area contributed by atoms with Crippen molar-refractivity contribution in [2.45, 2.75) is 6.92 Å². The van der Waals surface area contributed by atoms with E-state index in [1.807, 2.05) is 5.38 Å². The number of carbonyl (C=O) groups excluding carboxylic acids is 1. The van der Waals surface area contributed by atoms with Crippen molar-refractivity contribution < 1.29 is 9.32 Å². The molecule has 0 bridgehead atoms. The molecule has 0 radical (unpaired) electrons. The van der Waals surface area contributed by atoms with Gasteiger partial charge in [0, 0.05) is 10.6 Å². The van der Waals surface area contributed by atoms with Gasteiger partial charge in [-0.1, -0.05) is 22.8 Å². The summed E-state index contributed by atoms with van der Waals surface area (Å²) in [7, 11) is 0. The highest BCUT2D eigenvalue weighted by molar-refractivity contribution is 7.14. The van der Waals surface area contributed by atoms with E-state index < -0.39 is 0 Å². The summed E-state index contributed by atoms with van der Waals surface area (Å²) in [5.74, 6) is 0.697. The van der Waals surface area contributed by atoms with Crippen molar-refractivity contribution in [3.63, 3.8) is 0 Å². The van der Waals surface area contributed by atoms with E-state index in [-0.39, 0.29) is 5.91 Å². The monoisotopic (exact) mass is 319 g/mol. The van der Waals surface area contributed by atoms with Gasteiger partial charge in [-0.2, -0.15) is 4.98 Å². The van der Waals surface area contributed by atoms with Crippen LogP contribution in [0.2, 0.25) is 5.02 Å². The number of benzene rings is 1. The molecule has 0 saturated heterocycles. The number of nitrogens with zero attached hydrogens (tertiary/aromatic N) is 2. The standard InChI is InChI=1S/C14H10ClN3O2S/c1-8-16-14(20-18-8)12-11(5-6-21-12)17-13(19)9-3-2-4-10(15)7-9/h2-7H,1H3,(H,17,19). The van der Waals surface area contributed by atoms with Crippen LogP contribution < -0.4 is 5.32 Å². The Hall–Kier alpha value is -2.18. The van der Waals surface area contributed by atoms with Gasteiger partial charge in [0.1, 0.15) is 4.88 Å². The van der Waals surface area contributed by atoms with E-state index in [1.165, 1.54) is 11.3 Å². The molecule has 21 heavy (non-hydrogen) atoms. The van der Waals surface area contributed by atoms with E-state index in [0.29, 0.717) is 28.0 Å². The predicted molar refractivity (Wildman–Crippen MR) is 81.8 cm³/mol. The molecule has 1 N–H and O–H groups in total. The summed E-state index contributed by atoms with van der Waals surface area (Å²) in [4.78, 5) is 17.1. The van der Waals surface area contributed by atoms with Crippen molar-refractivity contribution in [2.75, 3.05) is 5.32 Å². The minimum atomic E-state index is -0.242. The quantitative estimate of drug-likeness (QED) is 0.792. The summed E-state index contributed by atoms with van der Waals surface area (Å²) in [6, 6.07) is 8.55. The second-order valence-corrected chi connectivity index (χ2v) is 5.63. The van der Waals surface area contributed by atoms with Crippen molar-refractivity contribution in [2.24, 2.45) is 0 Å². The van der Waals surface area contributed by atoms with Gasteiger partial charge in [0.05, 0.1) is 5.69 Å². The highest BCUT2D eigenvalue weighted by Gasteiger charge is 2.16. The highest BCUT2D eigenvalue weighted by Crippen LogP contribution is 2.32. The van der Waals surface area contributed by atoms with Crippen LogP contribution in [0.1, 0.15) is 16.2 Å². The Labute approximate surface area is 129 Å². The average Bonchev–Trinajstić information content (AvgIpc) is 3.07. The Balaban J connectivity index is 1.86. The minimum absolute atomic E-state index is 0.242. The van der Waals surface area contributed by atoms with Gasteiger partial charge < -0.3 is 9.84 Å². The molecular formula is C14H10ClN3O2S. The highest BCUT2D eigenvalue weighted by atomic mass is 35.5. The van der Waals surface area contributed by atoms with Crippen LogP contribution in [0, 0.1) is 6.92 Å². The normalized spacial score (nSPS) is 10.6. The van der Waals surface area contributed by atoms with Gasteiger partial charge in [-0.3, -0.25) is 4.79 Å². The lowest BCUT2D eigenvalue weighted by atomic mass is 10.2. The van der Waals surface area contributed by atoms with Gasteiger partial charge in [-0.25, -0.2) is 0 Å². The maximum Gasteiger partial charge on any atom is 0.270 e. The molecule has 7 heteroatoms. The zero-order chi connectivity index (χ0) is 14.8. The Morgan fingerprint density at radius 1 is 1.38 bits per heavy atom. The Kier molecular flexibility index (Phi) is 3.72. The maximum atomic E-state index is 12.2. The fourth-order valence-corrected chi connectivity index (χ4v) is 2.75. The van der Waals surface area contributed by atoms with Gasteiger partial charge in [0.15, 0.2) is 5.82 Å². The molecule has 2 aromatic heterocycles. The molecule has 1 aromatic carbocycles. The first-order valence-corrected chi connectivity index (χ1v) is 7.34. The van der Waals surface area contributed by atoms with E-state index in [0.717, 1.165) is 4.88 Å². The van der Waals surface area contributed by atoms with Crippen LogP contribution in [0.15, 0.2) is 40.2 Å². The fraction of sp³-hybridized carbons (Fsp3) is 0.0714. The number of rotatable bonds is 3. The SMILES string of the molecule is Cc1noc(-c2sccc2NC(=O)c2cccc(Cl)c2)n1. The number of hydrogen-bond acceptors (Lipinski definition) is 5. The molecule has 106 valence electrons. The van der Waals surface area contributed by atoms with E-state index in [9.17, 15) is 4.79 Å². The topological polar surface area (TPSA) is 68.0 Å². The Morgan fingerprint density at radius 3 is 2.95 bits per heavy atom. The lowest BCUT2D eigenvalue weighted by Gasteiger charge is -2.05. The summed E-state index contributed by atoms with van der Waals surface area (Å²) in [6.45, 7) is 1.74. The van der Waals surface area contributed by atoms with Gasteiger partial charge in [0.2, 0.25) is 0 Å². The van der Waals surface area contributed by atoms with E-state index in [2.05, 4.69) is 15.5 Å². The number of hydrogen-bond donors (Lipinski definition) is 1. The summed E-state index contributed by atoms with van der Waals surface area (Å²) in [5.41, 5.74) is 1.12. The number of nitrogens with one attached hydrogen (secondary N) is 1. The maximum absolute atomic E-state index is 12.2. The van der Waals surface area contributed by atoms with Crippen molar-refractivity contribution in [1.29, 1.82) is 0 Å². The lowest BCUT2D eigenvalue weighted by Crippen LogP contribution is -2.11. The molecule has 0 aliphatic rings. The summed E-state index contributed by atoms with van der Waals surface area (Å²) in [6.07, 6.45) is 0. The van der Waals surface area contributed by atoms with Gasteiger partial charge in [-0.05, 0) is 36.6 Å². The second-order valence-electron chi connectivity index (χ2n) is 4.27. The van der Waals surface area contributed by atoms with Crippen LogP contribution in [0.4, 0.5) is 5.69 Å². The van der Waals surface area contributed by atoms with Crippen molar-refractivity contribution in [3.8, 4) is 10.8 Å². The fourth-order valence-electron chi connectivity index (χ4n) is 1.79. The summed E-state index contributed by atoms with van der Waals surface area (Å²) < 4.78 is 5.13. The number of thiophene rings is 1. The molecule has 1 amide bonds. The molecule has 0 unspecified atom stereocenters. The molecule has 0 saturated carbocycles. The molecule has 2 heterocycles. The van der Waals surface area contributed by atoms with Crippen LogP contribution in [0.25, 0.3) is 10.8 Å². The Bertz CT molecular complexity index is 797. The molecule has 0 aliphatic carbocycles. The third kappa shape index (κ3) is 2.96. The summed E-state index contributed by atoms with van der Waals surface area (Å²) >= 11 is 7.31. The minimum Gasteiger partial charge on any atom is -0.333 e. The molecule has 0 atom stereocenters. The van der Waals surface area contributed by atoms with E-state index in [4.69, 9.17) is 16.1 Å². The van der Waals surface area contributed by atoms with Gasteiger partial charge in [-0.15, -0.1) is 11.3 Å². The number of anilines is 1. The molecule has 0 spiro atoms. The van der Waals surface area contributed by atoms with Crippen LogP contribution >= 0.6 is 22.9 Å². The first-order chi connectivity index (χ1) is 10.1. The number of halogens is 1. The number of amides is 1. The third-order valence-electron chi connectivity index (χ3n) is 2.72. The van der Waals surface area contributed by atoms with Gasteiger partial charge >= 0.3 is 0 Å². The smallest absolute Gasteiger partial charge is 0.270 e. The lowest BCUT2D eigenvalue weighted by molar-refractivity contribution is 0.102. The van der Waals surface area contributed by atoms with Crippen molar-refractivity contribution in [1.82, 2.24) is 10.1 Å². The van der Waals surface area contributed by atoms with Crippen LogP contribution in [0.5, 0.6) is 0 Å². The molecule has 3 rings (SSSR count). The van der Waals surface area contributed by atoms with Gasteiger partial charge in [0.25, 0.3) is 11.8 Å². The number of carbonyl (C=O) groups is 1. The molecule has 3 aromatic rings. The zero-order valence-corrected chi connectivity index (χ0v) is 12.5. The van der Waals surface area contributed by atoms with E-state index in [1.54, 1.807) is 37.3 Å².